The third kappa shape index (κ3) is 5.05. The molecule has 152 valence electrons. The Balaban J connectivity index is 2.08. The van der Waals surface area contributed by atoms with Crippen LogP contribution in [0.25, 0.3) is 10.6 Å². The minimum Gasteiger partial charge on any atom is -0.339 e. The molecule has 0 saturated heterocycles. The maximum absolute atomic E-state index is 13.8. The molecule has 29 heavy (non-hydrogen) atoms. The van der Waals surface area contributed by atoms with E-state index < -0.39 is 11.7 Å². The van der Waals surface area contributed by atoms with E-state index in [1.807, 2.05) is 13.8 Å². The molecule has 0 spiro atoms. The number of carbonyl (C=O) groups excluding carboxylic acids is 1. The van der Waals surface area contributed by atoms with Crippen LogP contribution in [0.4, 0.5) is 26.1 Å². The minimum atomic E-state index is -3.18. The van der Waals surface area contributed by atoms with E-state index in [9.17, 15) is 13.6 Å². The smallest absolute Gasteiger partial charge is 0.303 e. The van der Waals surface area contributed by atoms with Crippen molar-refractivity contribution >= 4 is 34.6 Å². The van der Waals surface area contributed by atoms with Crippen molar-refractivity contribution in [3.8, 4) is 10.6 Å². The Labute approximate surface area is 169 Å². The second-order valence-corrected chi connectivity index (χ2v) is 7.54. The summed E-state index contributed by atoms with van der Waals surface area (Å²) in [6.45, 7) is 5.76. The molecule has 0 radical (unpaired) electrons. The molecular weight excluding hydrogens is 400 g/mol. The van der Waals surface area contributed by atoms with Gasteiger partial charge in [-0.1, -0.05) is 18.3 Å². The van der Waals surface area contributed by atoms with Crippen molar-refractivity contribution in [1.82, 2.24) is 25.1 Å². The number of nitrogens with zero attached hydrogens (tertiary/aromatic N) is 5. The van der Waals surface area contributed by atoms with Crippen molar-refractivity contribution < 1.29 is 13.6 Å². The molecule has 0 aliphatic carbocycles. The fraction of sp³-hybridized carbons (Fsp3) is 0.333. The lowest BCUT2D eigenvalue weighted by molar-refractivity contribution is -0.114. The molecule has 0 aromatic carbocycles. The molecule has 3 aromatic rings. The number of hydrogen-bond acceptors (Lipinski definition) is 8. The third-order valence-corrected chi connectivity index (χ3v) is 4.63. The average Bonchev–Trinajstić information content (AvgIpc) is 3.06. The van der Waals surface area contributed by atoms with Gasteiger partial charge < -0.3 is 10.6 Å². The SMILES string of the molecule is CCc1cc(Nc2cc(NC(C)=O)ncc2-c2nnc(C)s2)nc(C(C)(F)F)n1. The number of aromatic nitrogens is 5. The number of anilines is 3. The zero-order valence-corrected chi connectivity index (χ0v) is 17.1. The number of alkyl halides is 2. The van der Waals surface area contributed by atoms with Gasteiger partial charge in [-0.15, -0.1) is 10.2 Å². The Bertz CT molecular complexity index is 1050. The maximum Gasteiger partial charge on any atom is 0.303 e. The second-order valence-electron chi connectivity index (χ2n) is 6.36. The van der Waals surface area contributed by atoms with Gasteiger partial charge in [0, 0.05) is 37.9 Å². The lowest BCUT2D eigenvalue weighted by atomic mass is 10.2. The first kappa shape index (κ1) is 20.6. The van der Waals surface area contributed by atoms with Crippen LogP contribution in [0.5, 0.6) is 0 Å². The van der Waals surface area contributed by atoms with Crippen LogP contribution in [-0.4, -0.2) is 31.1 Å². The summed E-state index contributed by atoms with van der Waals surface area (Å²) in [6.07, 6.45) is 2.00. The Morgan fingerprint density at radius 3 is 2.55 bits per heavy atom. The molecular formula is C18H19F2N7OS. The largest absolute Gasteiger partial charge is 0.339 e. The van der Waals surface area contributed by atoms with Crippen molar-refractivity contribution in [2.45, 2.75) is 40.0 Å². The average molecular weight is 419 g/mol. The number of carbonyl (C=O) groups is 1. The molecule has 0 aliphatic rings. The lowest BCUT2D eigenvalue weighted by Gasteiger charge is -2.15. The van der Waals surface area contributed by atoms with Crippen molar-refractivity contribution in [3.63, 3.8) is 0 Å². The molecule has 0 unspecified atom stereocenters. The van der Waals surface area contributed by atoms with E-state index in [0.717, 1.165) is 11.9 Å². The van der Waals surface area contributed by atoms with Crippen LogP contribution in [0, 0.1) is 6.92 Å². The van der Waals surface area contributed by atoms with E-state index in [4.69, 9.17) is 0 Å². The lowest BCUT2D eigenvalue weighted by Crippen LogP contribution is -2.15. The number of rotatable bonds is 6. The van der Waals surface area contributed by atoms with E-state index in [1.165, 1.54) is 24.5 Å². The van der Waals surface area contributed by atoms with Crippen molar-refractivity contribution in [2.24, 2.45) is 0 Å². The van der Waals surface area contributed by atoms with Crippen LogP contribution in [0.1, 0.15) is 37.3 Å². The van der Waals surface area contributed by atoms with Gasteiger partial charge in [0.2, 0.25) is 11.7 Å². The first-order valence-corrected chi connectivity index (χ1v) is 9.58. The molecule has 8 nitrogen and oxygen atoms in total. The molecule has 0 bridgehead atoms. The fourth-order valence-corrected chi connectivity index (χ4v) is 3.18. The Morgan fingerprint density at radius 1 is 1.21 bits per heavy atom. The van der Waals surface area contributed by atoms with E-state index in [0.29, 0.717) is 34.2 Å². The topological polar surface area (TPSA) is 106 Å². The fourth-order valence-electron chi connectivity index (χ4n) is 2.46. The summed E-state index contributed by atoms with van der Waals surface area (Å²) in [5.41, 5.74) is 1.57. The minimum absolute atomic E-state index is 0.204. The van der Waals surface area contributed by atoms with Gasteiger partial charge in [-0.25, -0.2) is 15.0 Å². The monoisotopic (exact) mass is 419 g/mol. The molecule has 0 aliphatic heterocycles. The van der Waals surface area contributed by atoms with Crippen molar-refractivity contribution in [3.05, 3.63) is 34.9 Å². The predicted molar refractivity (Wildman–Crippen MR) is 106 cm³/mol. The number of nitrogens with one attached hydrogen (secondary N) is 2. The summed E-state index contributed by atoms with van der Waals surface area (Å²) in [5, 5.41) is 15.1. The van der Waals surface area contributed by atoms with Crippen LogP contribution < -0.4 is 10.6 Å². The van der Waals surface area contributed by atoms with Crippen LogP contribution in [-0.2, 0) is 17.1 Å². The van der Waals surface area contributed by atoms with Gasteiger partial charge in [0.15, 0.2) is 5.01 Å². The summed E-state index contributed by atoms with van der Waals surface area (Å²) in [7, 11) is 0. The van der Waals surface area contributed by atoms with E-state index >= 15 is 0 Å². The summed E-state index contributed by atoms with van der Waals surface area (Å²) < 4.78 is 27.6. The second kappa shape index (κ2) is 8.11. The maximum atomic E-state index is 13.8. The zero-order valence-electron chi connectivity index (χ0n) is 16.2. The number of aryl methyl sites for hydroxylation is 2. The molecule has 2 N–H and O–H groups in total. The normalized spacial score (nSPS) is 11.4. The zero-order chi connectivity index (χ0) is 21.2. The van der Waals surface area contributed by atoms with Gasteiger partial charge >= 0.3 is 5.92 Å². The quantitative estimate of drug-likeness (QED) is 0.620. The molecule has 0 fully saturated rings. The highest BCUT2D eigenvalue weighted by Gasteiger charge is 2.29. The van der Waals surface area contributed by atoms with Gasteiger partial charge in [0.1, 0.15) is 16.6 Å². The Kier molecular flexibility index (Phi) is 5.78. The number of hydrogen-bond donors (Lipinski definition) is 2. The first-order chi connectivity index (χ1) is 13.7. The molecule has 3 aromatic heterocycles. The van der Waals surface area contributed by atoms with Gasteiger partial charge in [-0.3, -0.25) is 4.79 Å². The molecule has 3 rings (SSSR count). The van der Waals surface area contributed by atoms with E-state index in [-0.39, 0.29) is 11.7 Å². The Hall–Kier alpha value is -3.08. The highest BCUT2D eigenvalue weighted by Crippen LogP contribution is 2.34. The molecule has 0 atom stereocenters. The number of halogens is 2. The van der Waals surface area contributed by atoms with E-state index in [1.54, 1.807) is 12.1 Å². The summed E-state index contributed by atoms with van der Waals surface area (Å²) in [6, 6.07) is 3.19. The van der Waals surface area contributed by atoms with Gasteiger partial charge in [-0.2, -0.15) is 8.78 Å². The van der Waals surface area contributed by atoms with E-state index in [2.05, 4.69) is 35.8 Å². The van der Waals surface area contributed by atoms with Gasteiger partial charge in [0.05, 0.1) is 11.3 Å². The van der Waals surface area contributed by atoms with Crippen LogP contribution in [0.15, 0.2) is 18.3 Å². The summed E-state index contributed by atoms with van der Waals surface area (Å²) in [5.74, 6) is -3.53. The number of amides is 1. The van der Waals surface area contributed by atoms with Crippen LogP contribution in [0.3, 0.4) is 0 Å². The van der Waals surface area contributed by atoms with Crippen LogP contribution in [0.2, 0.25) is 0 Å². The predicted octanol–water partition coefficient (Wildman–Crippen LogP) is 4.07. The van der Waals surface area contributed by atoms with Gasteiger partial charge in [-0.05, 0) is 13.3 Å². The van der Waals surface area contributed by atoms with Crippen molar-refractivity contribution in [1.29, 1.82) is 0 Å². The highest BCUT2D eigenvalue weighted by atomic mass is 32.1. The standard InChI is InChI=1S/C18H19F2N7OS/c1-5-11-6-15(25-17(23-11)18(4,19)20)24-13-7-14(22-9(2)28)21-8-12(13)16-27-26-10(3)29-16/h6-8H,5H2,1-4H3,(H2,21,22,23,24,25,28). The molecule has 3 heterocycles. The first-order valence-electron chi connectivity index (χ1n) is 8.77. The molecule has 0 saturated carbocycles. The molecule has 11 heteroatoms. The highest BCUT2D eigenvalue weighted by molar-refractivity contribution is 7.14. The summed E-state index contributed by atoms with van der Waals surface area (Å²) >= 11 is 1.36. The third-order valence-electron chi connectivity index (χ3n) is 3.76. The van der Waals surface area contributed by atoms with Gasteiger partial charge in [0.25, 0.3) is 0 Å². The summed E-state index contributed by atoms with van der Waals surface area (Å²) in [4.78, 5) is 23.5. The van der Waals surface area contributed by atoms with Crippen molar-refractivity contribution in [2.75, 3.05) is 10.6 Å². The Morgan fingerprint density at radius 2 is 1.97 bits per heavy atom. The van der Waals surface area contributed by atoms with Crippen LogP contribution >= 0.6 is 11.3 Å². The molecule has 1 amide bonds. The number of pyridine rings is 1.